The molecule has 4 aliphatic rings. The van der Waals surface area contributed by atoms with Gasteiger partial charge in [-0.15, -0.1) is 0 Å². The number of carbonyl (C=O) groups is 2. The lowest BCUT2D eigenvalue weighted by molar-refractivity contribution is -0.0265. The molecular weight excluding hydrogens is 632 g/mol. The Balaban J connectivity index is 0.000000202. The van der Waals surface area contributed by atoms with Gasteiger partial charge in [0.15, 0.2) is 11.5 Å². The number of amides is 1. The van der Waals surface area contributed by atoms with Gasteiger partial charge in [0, 0.05) is 56.2 Å². The third-order valence-corrected chi connectivity index (χ3v) is 9.51. The van der Waals surface area contributed by atoms with E-state index in [1.807, 2.05) is 68.9 Å². The largest absolute Gasteiger partial charge is 0.444 e. The zero-order valence-corrected chi connectivity index (χ0v) is 29.4. The molecule has 4 aliphatic heterocycles. The standard InChI is InChI=1S/C23H32N2O4.C16H18N2O2.CH4/c1-23(2,3)29-22(27)25-12-6-7-19(25)21-18-9-8-17(15-16(18)11-14-28-21)20(26)10-13-24(4)5;1-2-14(17-7-1)16-13-4-3-12(15-5-8-18-20-15)10-11(13)6-9-19-16;/h8-10,13,15,19,21H,6-7,11-12,14H2,1-5H3;3-5,8,10,14,16-17H,1-2,6-7,9H2;1H4/b13-10+;;/t19-,21-;14-,16-;/m00./s1. The second kappa shape index (κ2) is 16.4. The number of nitrogens with zero attached hydrogens (tertiary/aromatic N) is 3. The lowest BCUT2D eigenvalue weighted by Gasteiger charge is -2.36. The van der Waals surface area contributed by atoms with Gasteiger partial charge in [-0.1, -0.05) is 36.8 Å². The number of hydrogen-bond donors (Lipinski definition) is 1. The van der Waals surface area contributed by atoms with Crippen molar-refractivity contribution in [1.29, 1.82) is 0 Å². The van der Waals surface area contributed by atoms with Crippen molar-refractivity contribution in [2.45, 2.75) is 96.6 Å². The van der Waals surface area contributed by atoms with E-state index in [-0.39, 0.29) is 37.6 Å². The highest BCUT2D eigenvalue weighted by molar-refractivity contribution is 6.04. The summed E-state index contributed by atoms with van der Waals surface area (Å²) < 4.78 is 23.0. The van der Waals surface area contributed by atoms with Crippen molar-refractivity contribution in [1.82, 2.24) is 20.3 Å². The number of fused-ring (bicyclic) bond motifs is 2. The van der Waals surface area contributed by atoms with Crippen LogP contribution >= 0.6 is 0 Å². The predicted octanol–water partition coefficient (Wildman–Crippen LogP) is 7.30. The average molecular weight is 687 g/mol. The van der Waals surface area contributed by atoms with E-state index >= 15 is 0 Å². The number of nitrogens with one attached hydrogen (secondary N) is 1. The van der Waals surface area contributed by atoms with E-state index in [1.165, 1.54) is 24.0 Å². The van der Waals surface area contributed by atoms with Crippen LogP contribution in [0.3, 0.4) is 0 Å². The van der Waals surface area contributed by atoms with Crippen LogP contribution in [-0.4, -0.2) is 84.9 Å². The minimum atomic E-state index is -0.523. The molecule has 0 spiro atoms. The van der Waals surface area contributed by atoms with E-state index in [1.54, 1.807) is 18.5 Å². The molecule has 10 heteroatoms. The normalized spacial score (nSPS) is 22.9. The molecule has 2 fully saturated rings. The second-order valence-electron chi connectivity index (χ2n) is 14.5. The summed E-state index contributed by atoms with van der Waals surface area (Å²) in [6.07, 6.45) is 10.8. The van der Waals surface area contributed by atoms with E-state index in [9.17, 15) is 9.59 Å². The molecule has 4 atom stereocenters. The number of carbonyl (C=O) groups excluding carboxylic acids is 2. The fourth-order valence-electron chi connectivity index (χ4n) is 7.23. The zero-order valence-electron chi connectivity index (χ0n) is 29.4. The molecule has 5 heterocycles. The molecular formula is C40H54N4O6. The molecule has 1 amide bonds. The van der Waals surface area contributed by atoms with Crippen LogP contribution in [0.25, 0.3) is 11.3 Å². The number of ketones is 1. The van der Waals surface area contributed by atoms with Crippen molar-refractivity contribution in [3.8, 4) is 11.3 Å². The number of rotatable bonds is 6. The molecule has 50 heavy (non-hydrogen) atoms. The van der Waals surface area contributed by atoms with Gasteiger partial charge in [-0.25, -0.2) is 4.79 Å². The van der Waals surface area contributed by atoms with Crippen LogP contribution in [0.4, 0.5) is 4.79 Å². The van der Waals surface area contributed by atoms with Crippen LogP contribution in [0, 0.1) is 0 Å². The number of hydrogen-bond acceptors (Lipinski definition) is 9. The van der Waals surface area contributed by atoms with Crippen molar-refractivity contribution < 1.29 is 28.3 Å². The van der Waals surface area contributed by atoms with Gasteiger partial charge in [-0.05, 0) is 100 Å². The molecule has 0 unspecified atom stereocenters. The lowest BCUT2D eigenvalue weighted by atomic mass is 9.90. The van der Waals surface area contributed by atoms with E-state index in [0.717, 1.165) is 61.3 Å². The Morgan fingerprint density at radius 2 is 1.68 bits per heavy atom. The molecule has 10 nitrogen and oxygen atoms in total. The van der Waals surface area contributed by atoms with E-state index in [2.05, 4.69) is 28.7 Å². The number of ether oxygens (including phenoxy) is 3. The second-order valence-corrected chi connectivity index (χ2v) is 14.5. The third kappa shape index (κ3) is 8.83. The predicted molar refractivity (Wildman–Crippen MR) is 194 cm³/mol. The summed E-state index contributed by atoms with van der Waals surface area (Å²) in [6, 6.07) is 14.7. The van der Waals surface area contributed by atoms with Crippen LogP contribution in [0.15, 0.2) is 65.5 Å². The highest BCUT2D eigenvalue weighted by Gasteiger charge is 2.40. The molecule has 3 aromatic rings. The number of benzene rings is 2. The van der Waals surface area contributed by atoms with Gasteiger partial charge >= 0.3 is 6.09 Å². The number of allylic oxidation sites excluding steroid dienone is 1. The Bertz CT molecular complexity index is 1620. The van der Waals surface area contributed by atoms with Crippen molar-refractivity contribution in [2.75, 3.05) is 40.4 Å². The molecule has 0 radical (unpaired) electrons. The average Bonchev–Trinajstić information content (AvgIpc) is 3.89. The monoisotopic (exact) mass is 686 g/mol. The molecule has 1 aromatic heterocycles. The third-order valence-electron chi connectivity index (χ3n) is 9.51. The molecule has 0 aliphatic carbocycles. The molecule has 1 N–H and O–H groups in total. The number of likely N-dealkylation sites (tertiary alicyclic amines) is 1. The van der Waals surface area contributed by atoms with E-state index in [4.69, 9.17) is 18.7 Å². The summed E-state index contributed by atoms with van der Waals surface area (Å²) in [4.78, 5) is 28.8. The molecule has 7 rings (SSSR count). The minimum Gasteiger partial charge on any atom is -0.444 e. The van der Waals surface area contributed by atoms with Gasteiger partial charge in [0.05, 0.1) is 31.6 Å². The Morgan fingerprint density at radius 3 is 2.36 bits per heavy atom. The SMILES string of the molecule is C.CN(C)/C=C/C(=O)c1ccc2c(c1)CCO[C@@H]2[C@@H]1CCCN1C(=O)OC(C)(C)C.c1cc(-c2ccc3c(c2)CCO[C@@H]3[C@@H]2CCCN2)on1. The zero-order chi connectivity index (χ0) is 34.5. The first kappa shape index (κ1) is 37.3. The quantitative estimate of drug-likeness (QED) is 0.211. The van der Waals surface area contributed by atoms with Gasteiger partial charge in [-0.2, -0.15) is 0 Å². The van der Waals surface area contributed by atoms with Crippen LogP contribution in [0.1, 0.15) is 98.7 Å². The summed E-state index contributed by atoms with van der Waals surface area (Å²) in [7, 11) is 3.77. The fraction of sp³-hybridized carbons (Fsp3) is 0.525. The molecule has 0 saturated carbocycles. The fourth-order valence-corrected chi connectivity index (χ4v) is 7.23. The summed E-state index contributed by atoms with van der Waals surface area (Å²) in [5.74, 6) is 0.815. The van der Waals surface area contributed by atoms with Gasteiger partial charge in [0.1, 0.15) is 11.7 Å². The van der Waals surface area contributed by atoms with Gasteiger partial charge in [-0.3, -0.25) is 4.79 Å². The Kier molecular flexibility index (Phi) is 12.2. The Labute approximate surface area is 297 Å². The van der Waals surface area contributed by atoms with Gasteiger partial charge in [0.25, 0.3) is 0 Å². The maximum absolute atomic E-state index is 12.7. The van der Waals surface area contributed by atoms with Crippen molar-refractivity contribution in [2.24, 2.45) is 0 Å². The molecule has 2 saturated heterocycles. The van der Waals surface area contributed by atoms with Crippen LogP contribution in [0.2, 0.25) is 0 Å². The highest BCUT2D eigenvalue weighted by atomic mass is 16.6. The topological polar surface area (TPSA) is 106 Å². The first-order valence-corrected chi connectivity index (χ1v) is 17.6. The smallest absolute Gasteiger partial charge is 0.410 e. The lowest BCUT2D eigenvalue weighted by Crippen LogP contribution is -2.44. The maximum Gasteiger partial charge on any atom is 0.410 e. The Morgan fingerprint density at radius 1 is 0.960 bits per heavy atom. The summed E-state index contributed by atoms with van der Waals surface area (Å²) >= 11 is 0. The Hall–Kier alpha value is -3.99. The summed E-state index contributed by atoms with van der Waals surface area (Å²) in [5, 5.41) is 7.33. The number of aromatic nitrogens is 1. The van der Waals surface area contributed by atoms with E-state index in [0.29, 0.717) is 24.8 Å². The molecule has 270 valence electrons. The summed E-state index contributed by atoms with van der Waals surface area (Å²) in [5.41, 5.74) is 6.17. The maximum atomic E-state index is 12.7. The highest BCUT2D eigenvalue weighted by Crippen LogP contribution is 2.38. The first-order valence-electron chi connectivity index (χ1n) is 17.6. The van der Waals surface area contributed by atoms with Crippen molar-refractivity contribution in [3.63, 3.8) is 0 Å². The minimum absolute atomic E-state index is 0. The van der Waals surface area contributed by atoms with Crippen LogP contribution in [0.5, 0.6) is 0 Å². The van der Waals surface area contributed by atoms with E-state index < -0.39 is 5.60 Å². The molecule has 0 bridgehead atoms. The van der Waals surface area contributed by atoms with Crippen LogP contribution in [-0.2, 0) is 27.1 Å². The van der Waals surface area contributed by atoms with Crippen LogP contribution < -0.4 is 5.32 Å². The van der Waals surface area contributed by atoms with Gasteiger partial charge in [0.2, 0.25) is 0 Å². The molecule has 2 aromatic carbocycles. The first-order chi connectivity index (χ1) is 23.6. The van der Waals surface area contributed by atoms with Gasteiger partial charge < -0.3 is 33.9 Å². The summed E-state index contributed by atoms with van der Waals surface area (Å²) in [6.45, 7) is 8.82. The van der Waals surface area contributed by atoms with Crippen molar-refractivity contribution >= 4 is 11.9 Å². The van der Waals surface area contributed by atoms with Crippen molar-refractivity contribution in [3.05, 3.63) is 88.8 Å².